The van der Waals surface area contributed by atoms with Crippen molar-refractivity contribution >= 4 is 39.6 Å². The number of nitrogens with one attached hydrogen (secondary N) is 1. The van der Waals surface area contributed by atoms with Crippen LogP contribution in [0.3, 0.4) is 0 Å². The van der Waals surface area contributed by atoms with Crippen molar-refractivity contribution in [3.05, 3.63) is 24.3 Å². The Morgan fingerprint density at radius 3 is 2.86 bits per heavy atom. The van der Waals surface area contributed by atoms with Gasteiger partial charge in [0.15, 0.2) is 23.2 Å². The van der Waals surface area contributed by atoms with Crippen LogP contribution in [0.2, 0.25) is 0 Å². The maximum atomic E-state index is 10.5. The maximum Gasteiger partial charge on any atom is 0.167 e. The lowest BCUT2D eigenvalue weighted by Crippen LogP contribution is -2.32. The van der Waals surface area contributed by atoms with Crippen molar-refractivity contribution in [1.29, 1.82) is 0 Å². The number of halogens is 1. The van der Waals surface area contributed by atoms with Crippen LogP contribution in [0.5, 0.6) is 0 Å². The SMILES string of the molecule is CCC(I)C[C@H]1OC(n2cnc3c(NC/C=C(/C)CO)ncnc32)[C@H](O)[C@@H]1O. The number of nitrogens with zero attached hydrogens (tertiary/aromatic N) is 4. The van der Waals surface area contributed by atoms with Gasteiger partial charge in [-0.15, -0.1) is 0 Å². The van der Waals surface area contributed by atoms with E-state index in [9.17, 15) is 10.2 Å². The standard InChI is InChI=1S/C18H26IN5O4/c1-3-11(19)6-12-14(26)15(27)18(28-12)24-9-23-13-16(21-8-22-17(13)24)20-5-4-10(2)7-25/h4,8-9,11-12,14-15,18,25-27H,3,5-7H2,1-2H3,(H,20,21,22)/b10-4-/t11?,12-,14-,15-,18?/m1/s1. The average Bonchev–Trinajstić information content (AvgIpc) is 3.24. The molecule has 10 heteroatoms. The lowest BCUT2D eigenvalue weighted by atomic mass is 10.1. The fourth-order valence-electron chi connectivity index (χ4n) is 3.13. The third-order valence-electron chi connectivity index (χ3n) is 4.87. The molecule has 1 saturated heterocycles. The smallest absolute Gasteiger partial charge is 0.167 e. The Morgan fingerprint density at radius 1 is 1.36 bits per heavy atom. The highest BCUT2D eigenvalue weighted by Gasteiger charge is 2.44. The van der Waals surface area contributed by atoms with Crippen LogP contribution in [-0.2, 0) is 4.74 Å². The topological polar surface area (TPSA) is 126 Å². The van der Waals surface area contributed by atoms with E-state index in [4.69, 9.17) is 9.84 Å². The highest BCUT2D eigenvalue weighted by atomic mass is 127. The Morgan fingerprint density at radius 2 is 2.14 bits per heavy atom. The molecule has 5 atom stereocenters. The van der Waals surface area contributed by atoms with E-state index in [0.717, 1.165) is 12.0 Å². The zero-order valence-electron chi connectivity index (χ0n) is 15.9. The quantitative estimate of drug-likeness (QED) is 0.242. The second-order valence-corrected chi connectivity index (χ2v) is 8.68. The molecular weight excluding hydrogens is 477 g/mol. The maximum absolute atomic E-state index is 10.5. The molecule has 9 nitrogen and oxygen atoms in total. The molecule has 1 aliphatic rings. The Labute approximate surface area is 177 Å². The number of alkyl halides is 1. The van der Waals surface area contributed by atoms with Gasteiger partial charge in [0.25, 0.3) is 0 Å². The molecule has 0 amide bonds. The van der Waals surface area contributed by atoms with Gasteiger partial charge in [0.2, 0.25) is 0 Å². The normalized spacial score (nSPS) is 26.7. The minimum absolute atomic E-state index is 0.00596. The van der Waals surface area contributed by atoms with Crippen LogP contribution < -0.4 is 5.32 Å². The third kappa shape index (κ3) is 4.46. The monoisotopic (exact) mass is 503 g/mol. The first-order valence-electron chi connectivity index (χ1n) is 9.29. The van der Waals surface area contributed by atoms with Crippen molar-refractivity contribution in [1.82, 2.24) is 19.5 Å². The van der Waals surface area contributed by atoms with Gasteiger partial charge in [-0.05, 0) is 19.8 Å². The van der Waals surface area contributed by atoms with Gasteiger partial charge in [0, 0.05) is 10.5 Å². The average molecular weight is 503 g/mol. The molecule has 0 aliphatic carbocycles. The summed E-state index contributed by atoms with van der Waals surface area (Å²) in [5.74, 6) is 0.550. The van der Waals surface area contributed by atoms with E-state index in [1.54, 1.807) is 10.9 Å². The van der Waals surface area contributed by atoms with E-state index in [0.29, 0.717) is 33.9 Å². The molecule has 0 radical (unpaired) electrons. The predicted octanol–water partition coefficient (Wildman–Crippen LogP) is 1.40. The minimum atomic E-state index is -1.07. The van der Waals surface area contributed by atoms with Crippen molar-refractivity contribution in [2.24, 2.45) is 0 Å². The minimum Gasteiger partial charge on any atom is -0.392 e. The van der Waals surface area contributed by atoms with Crippen LogP contribution in [-0.4, -0.2) is 70.2 Å². The Kier molecular flexibility index (Phi) is 7.20. The summed E-state index contributed by atoms with van der Waals surface area (Å²) in [7, 11) is 0. The number of imidazole rings is 1. The van der Waals surface area contributed by atoms with E-state index >= 15 is 0 Å². The predicted molar refractivity (Wildman–Crippen MR) is 113 cm³/mol. The fraction of sp³-hybridized carbons (Fsp3) is 0.611. The number of aromatic nitrogens is 4. The van der Waals surface area contributed by atoms with Gasteiger partial charge in [-0.1, -0.05) is 41.2 Å². The molecule has 0 aromatic carbocycles. The van der Waals surface area contributed by atoms with Crippen molar-refractivity contribution in [3.63, 3.8) is 0 Å². The summed E-state index contributed by atoms with van der Waals surface area (Å²) in [6.07, 6.45) is 3.23. The molecule has 0 saturated carbocycles. The molecular formula is C18H26IN5O4. The number of anilines is 1. The first kappa shape index (κ1) is 21.4. The van der Waals surface area contributed by atoms with Gasteiger partial charge >= 0.3 is 0 Å². The van der Waals surface area contributed by atoms with Crippen molar-refractivity contribution in [3.8, 4) is 0 Å². The summed E-state index contributed by atoms with van der Waals surface area (Å²) in [6, 6.07) is 0. The lowest BCUT2D eigenvalue weighted by Gasteiger charge is -2.17. The molecule has 3 rings (SSSR count). The van der Waals surface area contributed by atoms with E-state index < -0.39 is 24.5 Å². The fourth-order valence-corrected chi connectivity index (χ4v) is 3.63. The van der Waals surface area contributed by atoms with Crippen molar-refractivity contribution < 1.29 is 20.1 Å². The largest absolute Gasteiger partial charge is 0.392 e. The molecule has 28 heavy (non-hydrogen) atoms. The highest BCUT2D eigenvalue weighted by molar-refractivity contribution is 14.1. The van der Waals surface area contributed by atoms with Crippen LogP contribution in [0.4, 0.5) is 5.82 Å². The number of hydrogen-bond donors (Lipinski definition) is 4. The number of ether oxygens (including phenoxy) is 1. The van der Waals surface area contributed by atoms with Crippen molar-refractivity contribution in [2.45, 2.75) is 55.2 Å². The van der Waals surface area contributed by atoms with Gasteiger partial charge in [-0.3, -0.25) is 4.57 Å². The summed E-state index contributed by atoms with van der Waals surface area (Å²) in [6.45, 7) is 4.42. The number of aliphatic hydroxyl groups excluding tert-OH is 3. The van der Waals surface area contributed by atoms with Gasteiger partial charge in [-0.25, -0.2) is 15.0 Å². The molecule has 0 spiro atoms. The van der Waals surface area contributed by atoms with E-state index in [1.807, 2.05) is 13.0 Å². The number of hydrogen-bond acceptors (Lipinski definition) is 8. The summed E-state index contributed by atoms with van der Waals surface area (Å²) in [5.41, 5.74) is 1.91. The summed E-state index contributed by atoms with van der Waals surface area (Å²) in [4.78, 5) is 12.9. The summed E-state index contributed by atoms with van der Waals surface area (Å²) >= 11 is 2.33. The van der Waals surface area contributed by atoms with Crippen LogP contribution in [0.1, 0.15) is 32.9 Å². The Bertz CT molecular complexity index is 829. The van der Waals surface area contributed by atoms with Gasteiger partial charge < -0.3 is 25.4 Å². The molecule has 2 aromatic rings. The number of rotatable bonds is 8. The first-order valence-corrected chi connectivity index (χ1v) is 10.5. The van der Waals surface area contributed by atoms with Crippen molar-refractivity contribution in [2.75, 3.05) is 18.5 Å². The molecule has 154 valence electrons. The Balaban J connectivity index is 1.81. The lowest BCUT2D eigenvalue weighted by molar-refractivity contribution is -0.0366. The van der Waals surface area contributed by atoms with E-state index in [-0.39, 0.29) is 6.61 Å². The van der Waals surface area contributed by atoms with Gasteiger partial charge in [0.1, 0.15) is 18.5 Å². The van der Waals surface area contributed by atoms with Crippen LogP contribution in [0.25, 0.3) is 11.2 Å². The molecule has 3 heterocycles. The molecule has 4 N–H and O–H groups in total. The van der Waals surface area contributed by atoms with Gasteiger partial charge in [0.05, 0.1) is 19.0 Å². The van der Waals surface area contributed by atoms with Gasteiger partial charge in [-0.2, -0.15) is 0 Å². The molecule has 0 bridgehead atoms. The van der Waals surface area contributed by atoms with Crippen LogP contribution in [0, 0.1) is 0 Å². The summed E-state index contributed by atoms with van der Waals surface area (Å²) in [5, 5.41) is 33.2. The van der Waals surface area contributed by atoms with Crippen LogP contribution >= 0.6 is 22.6 Å². The Hall–Kier alpha value is -1.34. The molecule has 2 aromatic heterocycles. The zero-order valence-corrected chi connectivity index (χ0v) is 18.0. The highest BCUT2D eigenvalue weighted by Crippen LogP contribution is 2.35. The third-order valence-corrected chi connectivity index (χ3v) is 6.26. The van der Waals surface area contributed by atoms with E-state index in [1.165, 1.54) is 6.33 Å². The summed E-state index contributed by atoms with van der Waals surface area (Å²) < 4.78 is 7.97. The second kappa shape index (κ2) is 9.44. The zero-order chi connectivity index (χ0) is 20.3. The molecule has 1 aliphatic heterocycles. The number of aliphatic hydroxyl groups is 3. The second-order valence-electron chi connectivity index (χ2n) is 6.92. The molecule has 1 fully saturated rings. The number of fused-ring (bicyclic) bond motifs is 1. The van der Waals surface area contributed by atoms with Crippen LogP contribution in [0.15, 0.2) is 24.3 Å². The molecule has 2 unspecified atom stereocenters. The van der Waals surface area contributed by atoms with E-state index in [2.05, 4.69) is 49.8 Å². The first-order chi connectivity index (χ1) is 13.5.